The summed E-state index contributed by atoms with van der Waals surface area (Å²) >= 11 is 0. The molecule has 7 nitrogen and oxygen atoms in total. The Kier molecular flexibility index (Phi) is 4.37. The van der Waals surface area contributed by atoms with Crippen molar-refractivity contribution in [1.29, 1.82) is 0 Å². The van der Waals surface area contributed by atoms with Gasteiger partial charge in [-0.05, 0) is 39.3 Å². The first-order valence-electron chi connectivity index (χ1n) is 9.06. The van der Waals surface area contributed by atoms with E-state index < -0.39 is 28.3 Å². The van der Waals surface area contributed by atoms with Crippen LogP contribution in [0.3, 0.4) is 0 Å². The van der Waals surface area contributed by atoms with Crippen molar-refractivity contribution in [2.24, 2.45) is 0 Å². The van der Waals surface area contributed by atoms with E-state index in [0.717, 1.165) is 0 Å². The van der Waals surface area contributed by atoms with Gasteiger partial charge in [0.1, 0.15) is 0 Å². The molecule has 1 saturated heterocycles. The molecule has 0 bridgehead atoms. The van der Waals surface area contributed by atoms with E-state index in [1.54, 1.807) is 24.4 Å². The van der Waals surface area contributed by atoms with E-state index in [-0.39, 0.29) is 5.75 Å². The molecule has 146 valence electrons. The molecule has 0 unspecified atom stereocenters. The summed E-state index contributed by atoms with van der Waals surface area (Å²) in [6.45, 7) is 7.77. The molecule has 3 heterocycles. The first-order valence-corrected chi connectivity index (χ1v) is 10.7. The molecule has 1 aliphatic rings. The molecule has 3 aromatic rings. The van der Waals surface area contributed by atoms with Gasteiger partial charge in [-0.3, -0.25) is 0 Å². The Labute approximate surface area is 164 Å². The van der Waals surface area contributed by atoms with Crippen LogP contribution in [0.4, 0.5) is 0 Å². The molecule has 0 amide bonds. The number of fused-ring (bicyclic) bond motifs is 1. The molecule has 1 aromatic carbocycles. The maximum atomic E-state index is 13.0. The summed E-state index contributed by atoms with van der Waals surface area (Å²) in [5, 5.41) is 0.636. The Balaban J connectivity index is 1.71. The van der Waals surface area contributed by atoms with Crippen LogP contribution < -0.4 is 5.72 Å². The molecule has 1 fully saturated rings. The van der Waals surface area contributed by atoms with E-state index in [9.17, 15) is 8.42 Å². The van der Waals surface area contributed by atoms with Gasteiger partial charge in [-0.25, -0.2) is 22.4 Å². The Hall–Kier alpha value is -2.23. The number of nitrogens with zero attached hydrogens (tertiary/aromatic N) is 3. The van der Waals surface area contributed by atoms with Crippen molar-refractivity contribution in [2.75, 3.05) is 0 Å². The van der Waals surface area contributed by atoms with Crippen LogP contribution in [0, 0.1) is 0 Å². The molecule has 0 atom stereocenters. The first kappa shape index (κ1) is 19.1. The van der Waals surface area contributed by atoms with Crippen molar-refractivity contribution >= 4 is 33.9 Å². The minimum Gasteiger partial charge on any atom is -0.397 e. The summed E-state index contributed by atoms with van der Waals surface area (Å²) < 4.78 is 39.1. The Morgan fingerprint density at radius 3 is 2.32 bits per heavy atom. The fourth-order valence-corrected chi connectivity index (χ4v) is 4.46. The molecule has 0 aliphatic carbocycles. The predicted octanol–water partition coefficient (Wildman–Crippen LogP) is 2.11. The summed E-state index contributed by atoms with van der Waals surface area (Å²) in [7, 11) is -4.39. The standard InChI is InChI=1S/C19H22BN3O4S/c1-18(2)19(3,4)27-20(26-18)17-21-12-15-10-11-23(16(15)22-17)28(24,25)13-14-8-6-5-7-9-14/h5-12H,13H2,1-4H3. The van der Waals surface area contributed by atoms with E-state index in [1.165, 1.54) is 10.2 Å². The molecular weight excluding hydrogens is 377 g/mol. The SMILES string of the molecule is CC1(C)OB(c2ncc3ccn(S(=O)(=O)Cc4ccccc4)c3n2)OC1(C)C. The predicted molar refractivity (Wildman–Crippen MR) is 108 cm³/mol. The van der Waals surface area contributed by atoms with E-state index in [4.69, 9.17) is 9.31 Å². The zero-order valence-electron chi connectivity index (χ0n) is 16.3. The van der Waals surface area contributed by atoms with Crippen molar-refractivity contribution in [1.82, 2.24) is 13.9 Å². The molecule has 0 N–H and O–H groups in total. The third-order valence-corrected chi connectivity index (χ3v) is 6.96. The lowest BCUT2D eigenvalue weighted by molar-refractivity contribution is 0.00578. The molecule has 0 spiro atoms. The Morgan fingerprint density at radius 2 is 1.68 bits per heavy atom. The van der Waals surface area contributed by atoms with Crippen molar-refractivity contribution in [3.63, 3.8) is 0 Å². The maximum Gasteiger partial charge on any atom is 0.534 e. The van der Waals surface area contributed by atoms with Crippen LogP contribution in [0.5, 0.6) is 0 Å². The van der Waals surface area contributed by atoms with Crippen molar-refractivity contribution in [3.05, 3.63) is 54.4 Å². The summed E-state index contributed by atoms with van der Waals surface area (Å²) in [6.07, 6.45) is 3.10. The normalized spacial score (nSPS) is 18.6. The lowest BCUT2D eigenvalue weighted by Crippen LogP contribution is -2.41. The quantitative estimate of drug-likeness (QED) is 0.625. The van der Waals surface area contributed by atoms with Gasteiger partial charge < -0.3 is 9.31 Å². The highest BCUT2D eigenvalue weighted by atomic mass is 32.2. The topological polar surface area (TPSA) is 83.3 Å². The van der Waals surface area contributed by atoms with Gasteiger partial charge in [-0.1, -0.05) is 30.3 Å². The summed E-state index contributed by atoms with van der Waals surface area (Å²) in [4.78, 5) is 8.81. The second-order valence-corrected chi connectivity index (χ2v) is 9.79. The lowest BCUT2D eigenvalue weighted by atomic mass is 9.89. The van der Waals surface area contributed by atoms with Gasteiger partial charge in [0.15, 0.2) is 11.4 Å². The fraction of sp³-hybridized carbons (Fsp3) is 0.368. The third-order valence-electron chi connectivity index (χ3n) is 5.37. The van der Waals surface area contributed by atoms with E-state index in [0.29, 0.717) is 22.3 Å². The van der Waals surface area contributed by atoms with Gasteiger partial charge in [0.05, 0.1) is 17.0 Å². The third kappa shape index (κ3) is 3.23. The molecule has 1 aliphatic heterocycles. The van der Waals surface area contributed by atoms with Gasteiger partial charge in [-0.2, -0.15) is 0 Å². The average Bonchev–Trinajstić information content (AvgIpc) is 3.13. The second kappa shape index (κ2) is 6.40. The van der Waals surface area contributed by atoms with Gasteiger partial charge in [-0.15, -0.1) is 0 Å². The van der Waals surface area contributed by atoms with Gasteiger partial charge in [0.25, 0.3) is 0 Å². The van der Waals surface area contributed by atoms with Crippen molar-refractivity contribution < 1.29 is 17.7 Å². The smallest absolute Gasteiger partial charge is 0.397 e. The zero-order chi connectivity index (χ0) is 20.2. The second-order valence-electron chi connectivity index (χ2n) is 7.95. The number of hydrogen-bond donors (Lipinski definition) is 0. The minimum absolute atomic E-state index is 0.118. The van der Waals surface area contributed by atoms with Gasteiger partial charge in [0.2, 0.25) is 10.0 Å². The summed E-state index contributed by atoms with van der Waals surface area (Å²) in [5.41, 5.74) is 0.274. The largest absolute Gasteiger partial charge is 0.534 e. The average molecular weight is 399 g/mol. The molecule has 0 radical (unpaired) electrons. The summed E-state index contributed by atoms with van der Waals surface area (Å²) in [6, 6.07) is 10.7. The van der Waals surface area contributed by atoms with Crippen LogP contribution in [-0.4, -0.2) is 40.7 Å². The van der Waals surface area contributed by atoms with Crippen molar-refractivity contribution in [2.45, 2.75) is 44.6 Å². The summed E-state index contributed by atoms with van der Waals surface area (Å²) in [5.74, 6) is -0.118. The Morgan fingerprint density at radius 1 is 1.04 bits per heavy atom. The van der Waals surface area contributed by atoms with Gasteiger partial charge >= 0.3 is 7.12 Å². The van der Waals surface area contributed by atoms with Crippen LogP contribution in [0.25, 0.3) is 11.0 Å². The lowest BCUT2D eigenvalue weighted by Gasteiger charge is -2.32. The van der Waals surface area contributed by atoms with E-state index in [2.05, 4.69) is 9.97 Å². The van der Waals surface area contributed by atoms with E-state index >= 15 is 0 Å². The molecule has 28 heavy (non-hydrogen) atoms. The first-order chi connectivity index (χ1) is 13.1. The maximum absolute atomic E-state index is 13.0. The van der Waals surface area contributed by atoms with Crippen LogP contribution >= 0.6 is 0 Å². The van der Waals surface area contributed by atoms with Crippen LogP contribution in [0.2, 0.25) is 0 Å². The Bertz CT molecular complexity index is 1110. The highest BCUT2D eigenvalue weighted by Crippen LogP contribution is 2.36. The van der Waals surface area contributed by atoms with Crippen molar-refractivity contribution in [3.8, 4) is 0 Å². The van der Waals surface area contributed by atoms with Crippen LogP contribution in [0.1, 0.15) is 33.3 Å². The van der Waals surface area contributed by atoms with Gasteiger partial charge in [0, 0.05) is 17.8 Å². The monoisotopic (exact) mass is 399 g/mol. The van der Waals surface area contributed by atoms with Crippen LogP contribution in [0.15, 0.2) is 48.8 Å². The highest BCUT2D eigenvalue weighted by molar-refractivity contribution is 7.89. The van der Waals surface area contributed by atoms with E-state index in [1.807, 2.05) is 45.9 Å². The molecular formula is C19H22BN3O4S. The zero-order valence-corrected chi connectivity index (χ0v) is 17.1. The molecule has 4 rings (SSSR count). The number of benzene rings is 1. The number of rotatable bonds is 4. The fourth-order valence-electron chi connectivity index (χ4n) is 3.05. The molecule has 9 heteroatoms. The highest BCUT2D eigenvalue weighted by Gasteiger charge is 2.53. The van der Waals surface area contributed by atoms with Crippen LogP contribution in [-0.2, 0) is 25.1 Å². The number of hydrogen-bond acceptors (Lipinski definition) is 6. The number of aromatic nitrogens is 3. The molecule has 2 aromatic heterocycles. The molecule has 0 saturated carbocycles. The minimum atomic E-state index is -3.64.